The number of nitriles is 1. The number of nitrogens with zero attached hydrogens (tertiary/aromatic N) is 4. The minimum absolute atomic E-state index is 0.0585. The lowest BCUT2D eigenvalue weighted by molar-refractivity contribution is -0.189. The predicted molar refractivity (Wildman–Crippen MR) is 105 cm³/mol. The van der Waals surface area contributed by atoms with Crippen molar-refractivity contribution < 1.29 is 4.74 Å². The molecule has 4 rings (SSSR count). The third kappa shape index (κ3) is 4.34. The van der Waals surface area contributed by atoms with Gasteiger partial charge < -0.3 is 9.64 Å². The van der Waals surface area contributed by atoms with Gasteiger partial charge in [0.05, 0.1) is 22.5 Å². The Morgan fingerprint density at radius 1 is 1.15 bits per heavy atom. The van der Waals surface area contributed by atoms with Gasteiger partial charge in [0.2, 0.25) is 0 Å². The van der Waals surface area contributed by atoms with Crippen LogP contribution < -0.4 is 0 Å². The number of pyridine rings is 1. The lowest BCUT2D eigenvalue weighted by atomic mass is 9.87. The summed E-state index contributed by atoms with van der Waals surface area (Å²) < 4.78 is 6.75. The molecule has 146 valence electrons. The number of aromatic nitrogens is 1. The van der Waals surface area contributed by atoms with E-state index in [2.05, 4.69) is 34.7 Å². The van der Waals surface area contributed by atoms with Crippen molar-refractivity contribution in [1.29, 1.82) is 5.26 Å². The molecule has 3 fully saturated rings. The van der Waals surface area contributed by atoms with Gasteiger partial charge in [-0.3, -0.25) is 9.88 Å². The first-order valence-electron chi connectivity index (χ1n) is 10.5. The molecule has 5 heteroatoms. The molecular formula is C22H32N4O. The summed E-state index contributed by atoms with van der Waals surface area (Å²) in [6, 6.07) is 5.96. The topological polar surface area (TPSA) is 52.4 Å². The molecule has 2 aliphatic heterocycles. The lowest BCUT2D eigenvalue weighted by Crippen LogP contribution is -2.61. The molecule has 3 aliphatic rings. The van der Waals surface area contributed by atoms with Crippen LogP contribution in [-0.4, -0.2) is 65.3 Å². The van der Waals surface area contributed by atoms with Crippen LogP contribution in [-0.2, 0) is 11.2 Å². The maximum absolute atomic E-state index is 9.24. The van der Waals surface area contributed by atoms with Crippen LogP contribution in [0.2, 0.25) is 0 Å². The highest BCUT2D eigenvalue weighted by atomic mass is 16.5. The van der Waals surface area contributed by atoms with E-state index in [0.29, 0.717) is 11.5 Å². The van der Waals surface area contributed by atoms with Crippen molar-refractivity contribution in [2.24, 2.45) is 5.92 Å². The molecule has 0 amide bonds. The number of likely N-dealkylation sites (tertiary alicyclic amines) is 1. The summed E-state index contributed by atoms with van der Waals surface area (Å²) in [6.45, 7) is 11.2. The Labute approximate surface area is 163 Å². The van der Waals surface area contributed by atoms with Gasteiger partial charge in [0.1, 0.15) is 6.07 Å². The maximum Gasteiger partial charge on any atom is 0.101 e. The first-order chi connectivity index (χ1) is 13.0. The fourth-order valence-corrected chi connectivity index (χ4v) is 4.89. The number of hydrogen-bond donors (Lipinski definition) is 0. The van der Waals surface area contributed by atoms with E-state index in [9.17, 15) is 5.26 Å². The molecule has 2 spiro atoms. The highest BCUT2D eigenvalue weighted by molar-refractivity contribution is 5.32. The summed E-state index contributed by atoms with van der Waals surface area (Å²) in [5.41, 5.74) is 1.87. The number of hydrogen-bond acceptors (Lipinski definition) is 5. The molecule has 0 aromatic carbocycles. The van der Waals surface area contributed by atoms with Crippen LogP contribution in [0, 0.1) is 17.2 Å². The molecule has 27 heavy (non-hydrogen) atoms. The van der Waals surface area contributed by atoms with Gasteiger partial charge in [0, 0.05) is 51.9 Å². The van der Waals surface area contributed by atoms with Crippen molar-refractivity contribution in [2.45, 2.75) is 57.2 Å². The molecule has 1 aromatic heterocycles. The number of piperidine rings is 1. The normalized spacial score (nSPS) is 24.4. The Bertz CT molecular complexity index is 699. The molecule has 0 radical (unpaired) electrons. The highest BCUT2D eigenvalue weighted by Crippen LogP contribution is 2.49. The van der Waals surface area contributed by atoms with Crippen LogP contribution in [0.4, 0.5) is 0 Å². The summed E-state index contributed by atoms with van der Waals surface area (Å²) in [5, 5.41) is 9.24. The first kappa shape index (κ1) is 18.9. The third-order valence-corrected chi connectivity index (χ3v) is 6.33. The monoisotopic (exact) mass is 368 g/mol. The Balaban J connectivity index is 1.33. The summed E-state index contributed by atoms with van der Waals surface area (Å²) in [5.74, 6) is 0.712. The van der Waals surface area contributed by atoms with Crippen molar-refractivity contribution in [3.8, 4) is 6.07 Å². The van der Waals surface area contributed by atoms with Crippen molar-refractivity contribution in [3.63, 3.8) is 0 Å². The largest absolute Gasteiger partial charge is 0.366 e. The van der Waals surface area contributed by atoms with Crippen LogP contribution in [0.5, 0.6) is 0 Å². The average molecular weight is 369 g/mol. The van der Waals surface area contributed by atoms with Gasteiger partial charge >= 0.3 is 0 Å². The predicted octanol–water partition coefficient (Wildman–Crippen LogP) is 2.85. The van der Waals surface area contributed by atoms with E-state index in [1.165, 1.54) is 19.4 Å². The lowest BCUT2D eigenvalue weighted by Gasteiger charge is -2.51. The first-order valence-corrected chi connectivity index (χ1v) is 10.5. The zero-order chi connectivity index (χ0) is 18.9. The van der Waals surface area contributed by atoms with Gasteiger partial charge in [-0.25, -0.2) is 0 Å². The minimum Gasteiger partial charge on any atom is -0.366 e. The van der Waals surface area contributed by atoms with Crippen LogP contribution in [0.15, 0.2) is 18.3 Å². The van der Waals surface area contributed by atoms with Crippen molar-refractivity contribution in [1.82, 2.24) is 14.8 Å². The zero-order valence-corrected chi connectivity index (χ0v) is 16.8. The fourth-order valence-electron chi connectivity index (χ4n) is 4.89. The van der Waals surface area contributed by atoms with E-state index in [4.69, 9.17) is 4.74 Å². The van der Waals surface area contributed by atoms with Crippen molar-refractivity contribution in [2.75, 3.05) is 39.3 Å². The van der Waals surface area contributed by atoms with E-state index in [1.807, 2.05) is 12.1 Å². The SMILES string of the molecule is CC(C)CN1CC2(CCN(CCc3ncccc3C#N)CC2)OC2(CC2)C1. The van der Waals surface area contributed by atoms with E-state index in [0.717, 1.165) is 57.7 Å². The Morgan fingerprint density at radius 2 is 1.85 bits per heavy atom. The van der Waals surface area contributed by atoms with Gasteiger partial charge in [0.15, 0.2) is 0 Å². The van der Waals surface area contributed by atoms with Crippen molar-refractivity contribution >= 4 is 0 Å². The number of morpholine rings is 1. The standard InChI is InChI=1S/C22H32N4O/c1-18(2)15-26-16-21(6-7-21)27-22(17-26)8-12-25(13-9-22)11-5-20-19(14-23)4-3-10-24-20/h3-4,10,18H,5-9,11-13,15-17H2,1-2H3. The quantitative estimate of drug-likeness (QED) is 0.800. The van der Waals surface area contributed by atoms with E-state index >= 15 is 0 Å². The number of rotatable bonds is 5. The second-order valence-electron chi connectivity index (χ2n) is 9.23. The summed E-state index contributed by atoms with van der Waals surface area (Å²) in [7, 11) is 0. The summed E-state index contributed by atoms with van der Waals surface area (Å²) in [6.07, 6.45) is 7.36. The third-order valence-electron chi connectivity index (χ3n) is 6.33. The van der Waals surface area contributed by atoms with Gasteiger partial charge in [-0.05, 0) is 43.7 Å². The molecule has 3 heterocycles. The van der Waals surface area contributed by atoms with Gasteiger partial charge in [-0.2, -0.15) is 5.26 Å². The second kappa shape index (κ2) is 7.50. The van der Waals surface area contributed by atoms with Crippen molar-refractivity contribution in [3.05, 3.63) is 29.6 Å². The van der Waals surface area contributed by atoms with Gasteiger partial charge in [0.25, 0.3) is 0 Å². The summed E-state index contributed by atoms with van der Waals surface area (Å²) >= 11 is 0. The number of ether oxygens (including phenoxy) is 1. The molecule has 0 atom stereocenters. The van der Waals surface area contributed by atoms with Gasteiger partial charge in [-0.15, -0.1) is 0 Å². The zero-order valence-electron chi connectivity index (χ0n) is 16.8. The van der Waals surface area contributed by atoms with Gasteiger partial charge in [-0.1, -0.05) is 13.8 Å². The molecule has 5 nitrogen and oxygen atoms in total. The van der Waals surface area contributed by atoms with E-state index in [1.54, 1.807) is 6.20 Å². The molecule has 2 saturated heterocycles. The summed E-state index contributed by atoms with van der Waals surface area (Å²) in [4.78, 5) is 9.59. The van der Waals surface area contributed by atoms with Crippen LogP contribution in [0.1, 0.15) is 50.8 Å². The fraction of sp³-hybridized carbons (Fsp3) is 0.727. The van der Waals surface area contributed by atoms with Crippen LogP contribution in [0.3, 0.4) is 0 Å². The maximum atomic E-state index is 9.24. The highest BCUT2D eigenvalue weighted by Gasteiger charge is 2.55. The van der Waals surface area contributed by atoms with Crippen LogP contribution >= 0.6 is 0 Å². The Kier molecular flexibility index (Phi) is 5.24. The Morgan fingerprint density at radius 3 is 2.48 bits per heavy atom. The molecular weight excluding hydrogens is 336 g/mol. The van der Waals surface area contributed by atoms with E-state index < -0.39 is 0 Å². The molecule has 1 aromatic rings. The van der Waals surface area contributed by atoms with E-state index in [-0.39, 0.29) is 11.2 Å². The molecule has 0 bridgehead atoms. The molecule has 1 aliphatic carbocycles. The Hall–Kier alpha value is -1.48. The second-order valence-corrected chi connectivity index (χ2v) is 9.23. The smallest absolute Gasteiger partial charge is 0.101 e. The molecule has 0 N–H and O–H groups in total. The average Bonchev–Trinajstić information content (AvgIpc) is 3.38. The molecule has 0 unspecified atom stereocenters. The van der Waals surface area contributed by atoms with Crippen LogP contribution in [0.25, 0.3) is 0 Å². The molecule has 1 saturated carbocycles. The minimum atomic E-state index is 0.0585.